The zero-order valence-electron chi connectivity index (χ0n) is 14.7. The van der Waals surface area contributed by atoms with Crippen LogP contribution in [0, 0.1) is 0 Å². The van der Waals surface area contributed by atoms with Gasteiger partial charge in [-0.2, -0.15) is 0 Å². The van der Waals surface area contributed by atoms with Crippen LogP contribution in [0.25, 0.3) is 0 Å². The van der Waals surface area contributed by atoms with Gasteiger partial charge in [-0.15, -0.1) is 12.4 Å². The Morgan fingerprint density at radius 2 is 1.85 bits per heavy atom. The van der Waals surface area contributed by atoms with E-state index in [-0.39, 0.29) is 30.3 Å². The first kappa shape index (κ1) is 21.0. The van der Waals surface area contributed by atoms with Crippen molar-refractivity contribution in [2.75, 3.05) is 45.9 Å². The first-order chi connectivity index (χ1) is 12.1. The van der Waals surface area contributed by atoms with E-state index >= 15 is 0 Å². The number of piperazine rings is 1. The smallest absolute Gasteiger partial charge is 0.227 e. The normalized spacial score (nSPS) is 20.4. The Hall–Kier alpha value is -1.34. The van der Waals surface area contributed by atoms with Crippen molar-refractivity contribution in [2.45, 2.75) is 18.9 Å². The molecule has 1 aromatic rings. The molecule has 1 atom stereocenters. The molecule has 2 aliphatic heterocycles. The fourth-order valence-electron chi connectivity index (χ4n) is 3.23. The molecule has 2 heterocycles. The van der Waals surface area contributed by atoms with Crippen LogP contribution in [0.3, 0.4) is 0 Å². The lowest BCUT2D eigenvalue weighted by Gasteiger charge is -2.36. The summed E-state index contributed by atoms with van der Waals surface area (Å²) >= 11 is 5.96. The Morgan fingerprint density at radius 1 is 1.15 bits per heavy atom. The second kappa shape index (κ2) is 10.1. The minimum absolute atomic E-state index is 0. The molecule has 6 nitrogen and oxygen atoms in total. The number of nitrogens with one attached hydrogen (secondary N) is 1. The van der Waals surface area contributed by atoms with Gasteiger partial charge < -0.3 is 19.9 Å². The third-order valence-electron chi connectivity index (χ3n) is 4.65. The van der Waals surface area contributed by atoms with Gasteiger partial charge in [0.05, 0.1) is 19.6 Å². The number of hydrogen-bond donors (Lipinski definition) is 1. The number of halogens is 2. The van der Waals surface area contributed by atoms with E-state index in [9.17, 15) is 9.59 Å². The van der Waals surface area contributed by atoms with E-state index in [1.165, 1.54) is 0 Å². The Bertz CT molecular complexity index is 615. The Kier molecular flexibility index (Phi) is 8.15. The number of carbonyl (C=O) groups excluding carboxylic acids is 2. The Morgan fingerprint density at radius 3 is 2.46 bits per heavy atom. The first-order valence-corrected chi connectivity index (χ1v) is 9.11. The summed E-state index contributed by atoms with van der Waals surface area (Å²) in [4.78, 5) is 28.5. The number of hydrogen-bond acceptors (Lipinski definition) is 4. The van der Waals surface area contributed by atoms with E-state index in [1.54, 1.807) is 6.07 Å². The van der Waals surface area contributed by atoms with Crippen LogP contribution in [0.1, 0.15) is 12.0 Å². The monoisotopic (exact) mass is 401 g/mol. The SMILES string of the molecule is Cl.O=C(Cc1cccc(Cl)c1)N1CCN(C(=O)CC2COCCN2)CC1. The molecule has 26 heavy (non-hydrogen) atoms. The summed E-state index contributed by atoms with van der Waals surface area (Å²) in [7, 11) is 0. The highest BCUT2D eigenvalue weighted by Crippen LogP contribution is 2.13. The van der Waals surface area contributed by atoms with E-state index < -0.39 is 0 Å². The number of nitrogens with zero attached hydrogens (tertiary/aromatic N) is 2. The van der Waals surface area contributed by atoms with Gasteiger partial charge in [0.25, 0.3) is 0 Å². The van der Waals surface area contributed by atoms with Crippen molar-refractivity contribution in [1.82, 2.24) is 15.1 Å². The summed E-state index contributed by atoms with van der Waals surface area (Å²) in [5.74, 6) is 0.210. The molecule has 144 valence electrons. The average molecular weight is 402 g/mol. The van der Waals surface area contributed by atoms with Crippen LogP contribution < -0.4 is 5.32 Å². The minimum Gasteiger partial charge on any atom is -0.378 e. The van der Waals surface area contributed by atoms with Crippen molar-refractivity contribution in [3.8, 4) is 0 Å². The van der Waals surface area contributed by atoms with E-state index in [0.29, 0.717) is 57.3 Å². The maximum Gasteiger partial charge on any atom is 0.227 e. The molecule has 0 spiro atoms. The van der Waals surface area contributed by atoms with Gasteiger partial charge in [-0.3, -0.25) is 9.59 Å². The maximum absolute atomic E-state index is 12.4. The summed E-state index contributed by atoms with van der Waals surface area (Å²) in [6, 6.07) is 7.47. The van der Waals surface area contributed by atoms with E-state index in [4.69, 9.17) is 16.3 Å². The van der Waals surface area contributed by atoms with Gasteiger partial charge in [0.2, 0.25) is 11.8 Å². The lowest BCUT2D eigenvalue weighted by molar-refractivity contribution is -0.139. The fourth-order valence-corrected chi connectivity index (χ4v) is 3.44. The van der Waals surface area contributed by atoms with Crippen LogP contribution in [0.2, 0.25) is 5.02 Å². The number of rotatable bonds is 4. The van der Waals surface area contributed by atoms with Gasteiger partial charge in [0, 0.05) is 50.2 Å². The second-order valence-electron chi connectivity index (χ2n) is 6.50. The molecule has 1 unspecified atom stereocenters. The minimum atomic E-state index is 0. The molecule has 2 saturated heterocycles. The molecule has 2 fully saturated rings. The van der Waals surface area contributed by atoms with Crippen molar-refractivity contribution in [2.24, 2.45) is 0 Å². The molecule has 0 aromatic heterocycles. The fraction of sp³-hybridized carbons (Fsp3) is 0.556. The molecular formula is C18H25Cl2N3O3. The van der Waals surface area contributed by atoms with Gasteiger partial charge >= 0.3 is 0 Å². The molecule has 0 aliphatic carbocycles. The Labute approximate surface area is 165 Å². The molecular weight excluding hydrogens is 377 g/mol. The topological polar surface area (TPSA) is 61.9 Å². The third-order valence-corrected chi connectivity index (χ3v) is 4.88. The molecule has 0 saturated carbocycles. The van der Waals surface area contributed by atoms with Crippen LogP contribution in [-0.4, -0.2) is 73.6 Å². The van der Waals surface area contributed by atoms with Crippen molar-refractivity contribution in [3.05, 3.63) is 34.9 Å². The van der Waals surface area contributed by atoms with E-state index in [2.05, 4.69) is 5.32 Å². The lowest BCUT2D eigenvalue weighted by Crippen LogP contribution is -2.52. The summed E-state index contributed by atoms with van der Waals surface area (Å²) in [5.41, 5.74) is 0.916. The van der Waals surface area contributed by atoms with Crippen molar-refractivity contribution in [3.63, 3.8) is 0 Å². The number of amides is 2. The summed E-state index contributed by atoms with van der Waals surface area (Å²) in [6.07, 6.45) is 0.800. The predicted octanol–water partition coefficient (Wildman–Crippen LogP) is 1.35. The van der Waals surface area contributed by atoms with Crippen molar-refractivity contribution >= 4 is 35.8 Å². The van der Waals surface area contributed by atoms with Gasteiger partial charge in [0.15, 0.2) is 0 Å². The Balaban J connectivity index is 0.00000243. The van der Waals surface area contributed by atoms with Crippen LogP contribution in [0.4, 0.5) is 0 Å². The summed E-state index contributed by atoms with van der Waals surface area (Å²) < 4.78 is 5.39. The van der Waals surface area contributed by atoms with Crippen molar-refractivity contribution < 1.29 is 14.3 Å². The molecule has 2 aliphatic rings. The third kappa shape index (κ3) is 5.84. The summed E-state index contributed by atoms with van der Waals surface area (Å²) in [6.45, 7) is 4.44. The average Bonchev–Trinajstić information content (AvgIpc) is 2.62. The highest BCUT2D eigenvalue weighted by molar-refractivity contribution is 6.30. The summed E-state index contributed by atoms with van der Waals surface area (Å²) in [5, 5.41) is 3.94. The van der Waals surface area contributed by atoms with Gasteiger partial charge in [0.1, 0.15) is 0 Å². The highest BCUT2D eigenvalue weighted by atomic mass is 35.5. The number of ether oxygens (including phenoxy) is 1. The first-order valence-electron chi connectivity index (χ1n) is 8.73. The van der Waals surface area contributed by atoms with Crippen LogP contribution in [0.15, 0.2) is 24.3 Å². The number of morpholine rings is 1. The lowest BCUT2D eigenvalue weighted by atomic mass is 10.1. The van der Waals surface area contributed by atoms with E-state index in [1.807, 2.05) is 28.0 Å². The van der Waals surface area contributed by atoms with Crippen LogP contribution in [0.5, 0.6) is 0 Å². The molecule has 1 aromatic carbocycles. The quantitative estimate of drug-likeness (QED) is 0.826. The second-order valence-corrected chi connectivity index (χ2v) is 6.93. The van der Waals surface area contributed by atoms with E-state index in [0.717, 1.165) is 12.1 Å². The van der Waals surface area contributed by atoms with Crippen LogP contribution >= 0.6 is 24.0 Å². The van der Waals surface area contributed by atoms with Gasteiger partial charge in [-0.1, -0.05) is 23.7 Å². The zero-order chi connectivity index (χ0) is 17.6. The van der Waals surface area contributed by atoms with Gasteiger partial charge in [-0.05, 0) is 17.7 Å². The molecule has 2 amide bonds. The maximum atomic E-state index is 12.4. The number of benzene rings is 1. The van der Waals surface area contributed by atoms with Gasteiger partial charge in [-0.25, -0.2) is 0 Å². The number of carbonyl (C=O) groups is 2. The molecule has 8 heteroatoms. The molecule has 3 rings (SSSR count). The molecule has 0 radical (unpaired) electrons. The van der Waals surface area contributed by atoms with Crippen molar-refractivity contribution in [1.29, 1.82) is 0 Å². The molecule has 0 bridgehead atoms. The largest absolute Gasteiger partial charge is 0.378 e. The van der Waals surface area contributed by atoms with Crippen LogP contribution in [-0.2, 0) is 20.7 Å². The zero-order valence-corrected chi connectivity index (χ0v) is 16.2. The predicted molar refractivity (Wildman–Crippen MR) is 103 cm³/mol. The highest BCUT2D eigenvalue weighted by Gasteiger charge is 2.26. The molecule has 1 N–H and O–H groups in total. The standard InChI is InChI=1S/C18H24ClN3O3.ClH/c19-15-3-1-2-14(10-15)11-17(23)21-5-7-22(8-6-21)18(24)12-16-13-25-9-4-20-16;/h1-3,10,16,20H,4-9,11-13H2;1H.